The van der Waals surface area contributed by atoms with Crippen LogP contribution in [0.1, 0.15) is 11.1 Å². The minimum atomic E-state index is 0.759. The Kier molecular flexibility index (Phi) is 4.20. The van der Waals surface area contributed by atoms with Crippen LogP contribution >= 0.6 is 15.9 Å². The molecule has 0 saturated carbocycles. The Labute approximate surface area is 115 Å². The van der Waals surface area contributed by atoms with Gasteiger partial charge in [-0.25, -0.2) is 4.98 Å². The summed E-state index contributed by atoms with van der Waals surface area (Å²) in [5.74, 6) is 0.918. The molecule has 3 nitrogen and oxygen atoms in total. The maximum atomic E-state index is 5.24. The lowest BCUT2D eigenvalue weighted by molar-refractivity contribution is 0.411. The molecule has 18 heavy (non-hydrogen) atoms. The maximum absolute atomic E-state index is 5.24. The van der Waals surface area contributed by atoms with Crippen LogP contribution in [0.15, 0.2) is 41.1 Å². The van der Waals surface area contributed by atoms with Gasteiger partial charge in [0.15, 0.2) is 0 Å². The molecule has 2 aromatic rings. The van der Waals surface area contributed by atoms with E-state index in [1.807, 2.05) is 25.1 Å². The van der Waals surface area contributed by atoms with E-state index in [0.717, 1.165) is 28.1 Å². The Bertz CT molecular complexity index is 543. The van der Waals surface area contributed by atoms with E-state index >= 15 is 0 Å². The molecular weight excluding hydrogens is 292 g/mol. The fourth-order valence-corrected chi connectivity index (χ4v) is 2.16. The molecule has 0 fully saturated rings. The summed E-state index contributed by atoms with van der Waals surface area (Å²) in [5.41, 5.74) is 3.34. The molecule has 0 aliphatic heterocycles. The number of aryl methyl sites for hydroxylation is 1. The van der Waals surface area contributed by atoms with E-state index in [2.05, 4.69) is 38.4 Å². The van der Waals surface area contributed by atoms with Crippen molar-refractivity contribution in [3.05, 3.63) is 52.3 Å². The average Bonchev–Trinajstić information content (AvgIpc) is 2.38. The molecule has 0 aliphatic carbocycles. The van der Waals surface area contributed by atoms with Crippen LogP contribution in [0, 0.1) is 6.92 Å². The number of aromatic nitrogens is 1. The molecule has 4 heteroatoms. The van der Waals surface area contributed by atoms with Crippen molar-refractivity contribution in [2.24, 2.45) is 0 Å². The number of hydrogen-bond donors (Lipinski definition) is 1. The predicted octanol–water partition coefficient (Wildman–Crippen LogP) is 3.77. The number of nitrogens with one attached hydrogen (secondary N) is 1. The molecule has 0 saturated heterocycles. The number of halogens is 1. The number of nitrogens with zero attached hydrogens (tertiary/aromatic N) is 1. The van der Waals surface area contributed by atoms with Gasteiger partial charge in [-0.3, -0.25) is 0 Å². The van der Waals surface area contributed by atoms with Crippen molar-refractivity contribution in [1.29, 1.82) is 0 Å². The lowest BCUT2D eigenvalue weighted by atomic mass is 10.1. The molecule has 0 radical (unpaired) electrons. The second-order valence-electron chi connectivity index (χ2n) is 4.00. The van der Waals surface area contributed by atoms with Crippen molar-refractivity contribution in [2.75, 3.05) is 12.4 Å². The molecule has 2 rings (SSSR count). The summed E-state index contributed by atoms with van der Waals surface area (Å²) in [5, 5.41) is 3.34. The van der Waals surface area contributed by atoms with Gasteiger partial charge in [0.05, 0.1) is 12.8 Å². The minimum absolute atomic E-state index is 0.759. The van der Waals surface area contributed by atoms with Gasteiger partial charge < -0.3 is 10.1 Å². The van der Waals surface area contributed by atoms with Crippen molar-refractivity contribution in [3.8, 4) is 5.75 Å². The van der Waals surface area contributed by atoms with Gasteiger partial charge >= 0.3 is 0 Å². The highest BCUT2D eigenvalue weighted by Crippen LogP contribution is 2.21. The molecule has 0 bridgehead atoms. The van der Waals surface area contributed by atoms with Crippen LogP contribution in [0.3, 0.4) is 0 Å². The Balaban J connectivity index is 2.07. The van der Waals surface area contributed by atoms with Crippen LogP contribution in [-0.4, -0.2) is 12.1 Å². The zero-order valence-electron chi connectivity index (χ0n) is 10.4. The van der Waals surface area contributed by atoms with Gasteiger partial charge in [-0.15, -0.1) is 0 Å². The highest BCUT2D eigenvalue weighted by molar-refractivity contribution is 9.10. The van der Waals surface area contributed by atoms with Gasteiger partial charge in [-0.05, 0) is 52.2 Å². The first-order valence-electron chi connectivity index (χ1n) is 5.68. The summed E-state index contributed by atoms with van der Waals surface area (Å²) < 4.78 is 6.07. The molecule has 0 unspecified atom stereocenters. The van der Waals surface area contributed by atoms with Crippen molar-refractivity contribution in [1.82, 2.24) is 4.98 Å². The smallest absolute Gasteiger partial charge is 0.129 e. The van der Waals surface area contributed by atoms with E-state index in [4.69, 9.17) is 4.74 Å². The Hall–Kier alpha value is -1.55. The molecule has 0 aliphatic rings. The molecule has 1 N–H and O–H groups in total. The molecule has 1 aromatic heterocycles. The lowest BCUT2D eigenvalue weighted by Gasteiger charge is -2.10. The number of hydrogen-bond acceptors (Lipinski definition) is 3. The van der Waals surface area contributed by atoms with E-state index in [0.29, 0.717) is 0 Å². The topological polar surface area (TPSA) is 34.1 Å². The van der Waals surface area contributed by atoms with Crippen molar-refractivity contribution in [3.63, 3.8) is 0 Å². The van der Waals surface area contributed by atoms with Crippen LogP contribution in [0.25, 0.3) is 0 Å². The Morgan fingerprint density at radius 3 is 2.83 bits per heavy atom. The highest BCUT2D eigenvalue weighted by Gasteiger charge is 2.02. The normalized spacial score (nSPS) is 10.2. The first-order valence-corrected chi connectivity index (χ1v) is 6.48. The monoisotopic (exact) mass is 306 g/mol. The van der Waals surface area contributed by atoms with Crippen LogP contribution in [0.4, 0.5) is 5.69 Å². The van der Waals surface area contributed by atoms with E-state index in [1.165, 1.54) is 5.56 Å². The SMILES string of the molecule is COc1ccc(CNc2cccnc2Br)cc1C. The van der Waals surface area contributed by atoms with Crippen LogP contribution in [0.5, 0.6) is 5.75 Å². The molecule has 1 aromatic carbocycles. The first kappa shape index (κ1) is 12.9. The number of rotatable bonds is 4. The van der Waals surface area contributed by atoms with Crippen LogP contribution < -0.4 is 10.1 Å². The van der Waals surface area contributed by atoms with Gasteiger partial charge in [0.2, 0.25) is 0 Å². The highest BCUT2D eigenvalue weighted by atomic mass is 79.9. The molecule has 0 atom stereocenters. The number of anilines is 1. The van der Waals surface area contributed by atoms with Gasteiger partial charge in [0.25, 0.3) is 0 Å². The van der Waals surface area contributed by atoms with Crippen molar-refractivity contribution in [2.45, 2.75) is 13.5 Å². The summed E-state index contributed by atoms with van der Waals surface area (Å²) in [4.78, 5) is 4.17. The third-order valence-corrected chi connectivity index (χ3v) is 3.33. The lowest BCUT2D eigenvalue weighted by Crippen LogP contribution is -2.01. The predicted molar refractivity (Wildman–Crippen MR) is 77.0 cm³/mol. The standard InChI is InChI=1S/C14H15BrN2O/c1-10-8-11(5-6-13(10)18-2)9-17-12-4-3-7-16-14(12)15/h3-8,17H,9H2,1-2H3. The molecule has 1 heterocycles. The summed E-state index contributed by atoms with van der Waals surface area (Å²) in [6.07, 6.45) is 1.76. The molecule has 94 valence electrons. The number of methoxy groups -OCH3 is 1. The number of pyridine rings is 1. The van der Waals surface area contributed by atoms with Gasteiger partial charge in [0, 0.05) is 12.7 Å². The van der Waals surface area contributed by atoms with Crippen LogP contribution in [-0.2, 0) is 6.54 Å². The number of ether oxygens (including phenoxy) is 1. The zero-order chi connectivity index (χ0) is 13.0. The summed E-state index contributed by atoms with van der Waals surface area (Å²) in [6, 6.07) is 10.1. The maximum Gasteiger partial charge on any atom is 0.129 e. The Morgan fingerprint density at radius 1 is 1.33 bits per heavy atom. The van der Waals surface area contributed by atoms with E-state index < -0.39 is 0 Å². The van der Waals surface area contributed by atoms with E-state index in [-0.39, 0.29) is 0 Å². The number of benzene rings is 1. The van der Waals surface area contributed by atoms with Gasteiger partial charge in [-0.2, -0.15) is 0 Å². The van der Waals surface area contributed by atoms with Gasteiger partial charge in [-0.1, -0.05) is 12.1 Å². The summed E-state index contributed by atoms with van der Waals surface area (Å²) in [6.45, 7) is 2.80. The van der Waals surface area contributed by atoms with Crippen molar-refractivity contribution >= 4 is 21.6 Å². The fraction of sp³-hybridized carbons (Fsp3) is 0.214. The van der Waals surface area contributed by atoms with E-state index in [9.17, 15) is 0 Å². The quantitative estimate of drug-likeness (QED) is 0.873. The van der Waals surface area contributed by atoms with E-state index in [1.54, 1.807) is 13.3 Å². The fourth-order valence-electron chi connectivity index (χ4n) is 1.77. The molecule has 0 spiro atoms. The Morgan fingerprint density at radius 2 is 2.17 bits per heavy atom. The third kappa shape index (κ3) is 3.01. The second kappa shape index (κ2) is 5.87. The molecular formula is C14H15BrN2O. The first-order chi connectivity index (χ1) is 8.70. The van der Waals surface area contributed by atoms with Gasteiger partial charge in [0.1, 0.15) is 10.4 Å². The largest absolute Gasteiger partial charge is 0.496 e. The minimum Gasteiger partial charge on any atom is -0.496 e. The van der Waals surface area contributed by atoms with Crippen molar-refractivity contribution < 1.29 is 4.74 Å². The summed E-state index contributed by atoms with van der Waals surface area (Å²) >= 11 is 3.41. The average molecular weight is 307 g/mol. The third-order valence-electron chi connectivity index (χ3n) is 2.70. The molecule has 0 amide bonds. The zero-order valence-corrected chi connectivity index (χ0v) is 12.0. The summed E-state index contributed by atoms with van der Waals surface area (Å²) in [7, 11) is 1.69. The second-order valence-corrected chi connectivity index (χ2v) is 4.75. The van der Waals surface area contributed by atoms with Crippen LogP contribution in [0.2, 0.25) is 0 Å².